The Morgan fingerprint density at radius 1 is 1.22 bits per heavy atom. The van der Waals surface area contributed by atoms with Crippen LogP contribution in [-0.2, 0) is 19.1 Å². The van der Waals surface area contributed by atoms with Crippen molar-refractivity contribution in [3.8, 4) is 5.75 Å². The van der Waals surface area contributed by atoms with Gasteiger partial charge in [-0.2, -0.15) is 4.68 Å². The summed E-state index contributed by atoms with van der Waals surface area (Å²) in [5, 5.41) is 14.8. The normalized spacial score (nSPS) is 18.2. The van der Waals surface area contributed by atoms with Crippen molar-refractivity contribution >= 4 is 17.8 Å². The predicted octanol–water partition coefficient (Wildman–Crippen LogP) is 1.15. The Morgan fingerprint density at radius 2 is 1.94 bits per heavy atom. The highest BCUT2D eigenvalue weighted by Crippen LogP contribution is 2.35. The lowest BCUT2D eigenvalue weighted by atomic mass is 9.95. The molecule has 1 aromatic carbocycles. The number of rotatable bonds is 6. The largest absolute Gasteiger partial charge is 0.484 e. The monoisotopic (exact) mass is 442 g/mol. The van der Waals surface area contributed by atoms with Crippen LogP contribution in [0.4, 0.5) is 5.95 Å². The number of ether oxygens (including phenoxy) is 3. The van der Waals surface area contributed by atoms with E-state index in [2.05, 4.69) is 20.8 Å². The molecule has 32 heavy (non-hydrogen) atoms. The number of benzene rings is 1. The molecule has 1 atom stereocenters. The third kappa shape index (κ3) is 4.57. The molecule has 0 aliphatic carbocycles. The van der Waals surface area contributed by atoms with Crippen molar-refractivity contribution in [1.29, 1.82) is 0 Å². The topological polar surface area (TPSA) is 121 Å². The molecule has 2 aliphatic rings. The minimum Gasteiger partial charge on any atom is -0.484 e. The molecule has 11 heteroatoms. The molecular formula is C21H26N6O5. The van der Waals surface area contributed by atoms with Crippen LogP contribution < -0.4 is 10.1 Å². The van der Waals surface area contributed by atoms with Crippen molar-refractivity contribution in [2.45, 2.75) is 32.9 Å². The van der Waals surface area contributed by atoms with Gasteiger partial charge in [0.1, 0.15) is 11.8 Å². The van der Waals surface area contributed by atoms with Crippen molar-refractivity contribution in [2.24, 2.45) is 0 Å². The van der Waals surface area contributed by atoms with Crippen LogP contribution in [0.25, 0.3) is 0 Å². The summed E-state index contributed by atoms with van der Waals surface area (Å²) < 4.78 is 17.9. The van der Waals surface area contributed by atoms with E-state index in [1.165, 1.54) is 0 Å². The van der Waals surface area contributed by atoms with Crippen molar-refractivity contribution in [3.05, 3.63) is 41.1 Å². The van der Waals surface area contributed by atoms with E-state index in [0.29, 0.717) is 49.3 Å². The zero-order chi connectivity index (χ0) is 22.7. The number of carbonyl (C=O) groups excluding carboxylic acids is 2. The highest BCUT2D eigenvalue weighted by Gasteiger charge is 2.35. The van der Waals surface area contributed by atoms with Crippen LogP contribution in [0.3, 0.4) is 0 Å². The fraction of sp³-hybridized carbons (Fsp3) is 0.476. The SMILES string of the molecule is CC1=C(C(=O)OC(C)C)C(c2ccc(OCC(=O)N3CCOCC3)cc2)n2nnnc2N1. The van der Waals surface area contributed by atoms with Gasteiger partial charge >= 0.3 is 5.97 Å². The highest BCUT2D eigenvalue weighted by molar-refractivity contribution is 5.92. The Kier molecular flexibility index (Phi) is 6.35. The molecule has 1 fully saturated rings. The quantitative estimate of drug-likeness (QED) is 0.657. The van der Waals surface area contributed by atoms with Gasteiger partial charge in [-0.3, -0.25) is 4.79 Å². The van der Waals surface area contributed by atoms with Gasteiger partial charge in [-0.25, -0.2) is 4.79 Å². The molecule has 1 saturated heterocycles. The second kappa shape index (κ2) is 9.35. The molecule has 1 unspecified atom stereocenters. The number of anilines is 1. The standard InChI is InChI=1S/C21H26N6O5/c1-13(2)32-20(29)18-14(3)22-21-23-24-25-27(21)19(18)15-4-6-16(7-5-15)31-12-17(28)26-8-10-30-11-9-26/h4-7,13,19H,8-12H2,1-3H3,(H,22,23,25). The van der Waals surface area contributed by atoms with E-state index in [1.54, 1.807) is 42.5 Å². The molecule has 0 radical (unpaired) electrons. The molecule has 0 saturated carbocycles. The maximum absolute atomic E-state index is 12.9. The Balaban J connectivity index is 1.52. The molecule has 11 nitrogen and oxygen atoms in total. The number of nitrogens with one attached hydrogen (secondary N) is 1. The Bertz CT molecular complexity index is 1010. The molecule has 4 rings (SSSR count). The number of fused-ring (bicyclic) bond motifs is 1. The van der Waals surface area contributed by atoms with Gasteiger partial charge in [-0.15, -0.1) is 0 Å². The Hall–Kier alpha value is -3.47. The average molecular weight is 442 g/mol. The number of hydrogen-bond donors (Lipinski definition) is 1. The van der Waals surface area contributed by atoms with Gasteiger partial charge < -0.3 is 24.4 Å². The first-order valence-corrected chi connectivity index (χ1v) is 10.5. The molecule has 1 amide bonds. The van der Waals surface area contributed by atoms with Crippen LogP contribution in [0.15, 0.2) is 35.5 Å². The van der Waals surface area contributed by atoms with Gasteiger partial charge in [0.2, 0.25) is 5.95 Å². The lowest BCUT2D eigenvalue weighted by molar-refractivity contribution is -0.143. The average Bonchev–Trinajstić information content (AvgIpc) is 3.25. The van der Waals surface area contributed by atoms with Gasteiger partial charge in [0.15, 0.2) is 6.61 Å². The molecule has 2 aromatic rings. The fourth-order valence-corrected chi connectivity index (χ4v) is 3.66. The Morgan fingerprint density at radius 3 is 2.62 bits per heavy atom. The number of nitrogens with zero attached hydrogens (tertiary/aromatic N) is 5. The van der Waals surface area contributed by atoms with Gasteiger partial charge in [0.25, 0.3) is 5.91 Å². The summed E-state index contributed by atoms with van der Waals surface area (Å²) in [6.45, 7) is 7.58. The summed E-state index contributed by atoms with van der Waals surface area (Å²) in [5.41, 5.74) is 1.83. The number of morpholine rings is 1. The number of carbonyl (C=O) groups is 2. The minimum atomic E-state index is -0.559. The summed E-state index contributed by atoms with van der Waals surface area (Å²) >= 11 is 0. The molecule has 0 spiro atoms. The van der Waals surface area contributed by atoms with E-state index in [-0.39, 0.29) is 18.6 Å². The summed E-state index contributed by atoms with van der Waals surface area (Å²) in [4.78, 5) is 26.9. The molecule has 2 aliphatic heterocycles. The van der Waals surface area contributed by atoms with Crippen LogP contribution >= 0.6 is 0 Å². The first-order chi connectivity index (χ1) is 15.4. The fourth-order valence-electron chi connectivity index (χ4n) is 3.66. The maximum Gasteiger partial charge on any atom is 0.338 e. The van der Waals surface area contributed by atoms with Crippen molar-refractivity contribution < 1.29 is 23.8 Å². The lowest BCUT2D eigenvalue weighted by Gasteiger charge is -2.28. The summed E-state index contributed by atoms with van der Waals surface area (Å²) in [5.74, 6) is 0.470. The predicted molar refractivity (Wildman–Crippen MR) is 113 cm³/mol. The number of hydrogen-bond acceptors (Lipinski definition) is 9. The van der Waals surface area contributed by atoms with E-state index < -0.39 is 12.0 Å². The zero-order valence-corrected chi connectivity index (χ0v) is 18.3. The van der Waals surface area contributed by atoms with Gasteiger partial charge in [-0.1, -0.05) is 17.2 Å². The summed E-state index contributed by atoms with van der Waals surface area (Å²) in [6.07, 6.45) is -0.265. The maximum atomic E-state index is 12.9. The van der Waals surface area contributed by atoms with Crippen LogP contribution in [-0.4, -0.2) is 76.0 Å². The van der Waals surface area contributed by atoms with Gasteiger partial charge in [0, 0.05) is 18.8 Å². The third-order valence-corrected chi connectivity index (χ3v) is 5.20. The first-order valence-electron chi connectivity index (χ1n) is 10.5. The number of esters is 1. The molecular weight excluding hydrogens is 416 g/mol. The zero-order valence-electron chi connectivity index (χ0n) is 18.3. The van der Waals surface area contributed by atoms with Crippen molar-refractivity contribution in [3.63, 3.8) is 0 Å². The third-order valence-electron chi connectivity index (χ3n) is 5.20. The number of amides is 1. The van der Waals surface area contributed by atoms with Crippen LogP contribution in [0.2, 0.25) is 0 Å². The van der Waals surface area contributed by atoms with Crippen LogP contribution in [0, 0.1) is 0 Å². The second-order valence-electron chi connectivity index (χ2n) is 7.82. The minimum absolute atomic E-state index is 0.0468. The Labute approximate surface area is 185 Å². The van der Waals surface area contributed by atoms with E-state index in [4.69, 9.17) is 14.2 Å². The van der Waals surface area contributed by atoms with Gasteiger partial charge in [0.05, 0.1) is 24.9 Å². The number of allylic oxidation sites excluding steroid dienone is 1. The molecule has 0 bridgehead atoms. The summed E-state index contributed by atoms with van der Waals surface area (Å²) in [7, 11) is 0. The molecule has 3 heterocycles. The van der Waals surface area contributed by atoms with Crippen molar-refractivity contribution in [1.82, 2.24) is 25.1 Å². The van der Waals surface area contributed by atoms with E-state index in [0.717, 1.165) is 5.56 Å². The molecule has 1 aromatic heterocycles. The second-order valence-corrected chi connectivity index (χ2v) is 7.82. The number of aromatic nitrogens is 4. The van der Waals surface area contributed by atoms with E-state index in [9.17, 15) is 9.59 Å². The molecule has 170 valence electrons. The molecule has 1 N–H and O–H groups in total. The first kappa shape index (κ1) is 21.8. The van der Waals surface area contributed by atoms with Crippen LogP contribution in [0.5, 0.6) is 5.75 Å². The summed E-state index contributed by atoms with van der Waals surface area (Å²) in [6, 6.07) is 6.61. The lowest BCUT2D eigenvalue weighted by Crippen LogP contribution is -2.42. The number of tetrazole rings is 1. The highest BCUT2D eigenvalue weighted by atomic mass is 16.5. The van der Waals surface area contributed by atoms with Crippen LogP contribution in [0.1, 0.15) is 32.4 Å². The van der Waals surface area contributed by atoms with E-state index >= 15 is 0 Å². The van der Waals surface area contributed by atoms with Gasteiger partial charge in [-0.05, 0) is 48.9 Å². The smallest absolute Gasteiger partial charge is 0.338 e. The van der Waals surface area contributed by atoms with E-state index in [1.807, 2.05) is 12.1 Å². The van der Waals surface area contributed by atoms with Crippen molar-refractivity contribution in [2.75, 3.05) is 38.2 Å².